The van der Waals surface area contributed by atoms with Gasteiger partial charge in [-0.25, -0.2) is 0 Å². The van der Waals surface area contributed by atoms with Gasteiger partial charge in [-0.05, 0) is 27.9 Å². The van der Waals surface area contributed by atoms with Gasteiger partial charge in [0.15, 0.2) is 0 Å². The van der Waals surface area contributed by atoms with Crippen molar-refractivity contribution in [3.8, 4) is 11.3 Å². The molecule has 0 spiro atoms. The molecule has 0 radical (unpaired) electrons. The molecule has 0 aliphatic carbocycles. The fraction of sp³-hybridized carbons (Fsp3) is 0.0278. The van der Waals surface area contributed by atoms with Crippen molar-refractivity contribution in [2.45, 2.75) is 6.04 Å². The molecule has 0 fully saturated rings. The SMILES string of the molecule is [Ir+3].[c-]1ccc2c(oc3c4ccccc4c4ccccc4c23)c1-c1ccccn1.[c-]1ccccc1C1C=CC=C[N-]1. The summed E-state index contributed by atoms with van der Waals surface area (Å²) in [5.74, 6) is 0. The molecule has 0 amide bonds. The predicted molar refractivity (Wildman–Crippen MR) is 160 cm³/mol. The summed E-state index contributed by atoms with van der Waals surface area (Å²) < 4.78 is 6.49. The predicted octanol–water partition coefficient (Wildman–Crippen LogP) is 9.74. The third-order valence-electron chi connectivity index (χ3n) is 7.02. The van der Waals surface area contributed by atoms with E-state index in [9.17, 15) is 0 Å². The molecule has 0 saturated heterocycles. The number of fused-ring (bicyclic) bond motifs is 8. The van der Waals surface area contributed by atoms with E-state index in [1.807, 2.05) is 66.9 Å². The van der Waals surface area contributed by atoms with Crippen LogP contribution in [0.3, 0.4) is 0 Å². The number of nitrogens with zero attached hydrogens (tertiary/aromatic N) is 2. The van der Waals surface area contributed by atoms with Crippen molar-refractivity contribution < 1.29 is 24.5 Å². The van der Waals surface area contributed by atoms with Crippen LogP contribution in [0.2, 0.25) is 0 Å². The Bertz CT molecular complexity index is 1990. The van der Waals surface area contributed by atoms with E-state index in [0.717, 1.165) is 44.1 Å². The van der Waals surface area contributed by atoms with Gasteiger partial charge in [0.25, 0.3) is 0 Å². The molecule has 1 aliphatic rings. The smallest absolute Gasteiger partial charge is 0.683 e. The van der Waals surface area contributed by atoms with E-state index in [1.54, 1.807) is 6.20 Å². The second-order valence-corrected chi connectivity index (χ2v) is 9.35. The molecule has 7 aromatic rings. The van der Waals surface area contributed by atoms with E-state index < -0.39 is 0 Å². The summed E-state index contributed by atoms with van der Waals surface area (Å²) in [5, 5.41) is 11.4. The standard InChI is InChI=1S/C25H14NO.C11H9N.Ir/c1-3-10-18-16(8-1)17-9-2-4-11-19(17)25-23(18)21-13-7-12-20(24(21)27-25)22-14-5-6-15-26-22;1-2-6-10(7-3-1)11-8-4-5-9-12-11;/h1-11,13-15H;1-6,8-9,11H;/q-1;-2;+3. The summed E-state index contributed by atoms with van der Waals surface area (Å²) in [6, 6.07) is 41.5. The van der Waals surface area contributed by atoms with Crippen molar-refractivity contribution >= 4 is 43.5 Å². The average Bonchev–Trinajstić information content (AvgIpc) is 3.43. The minimum atomic E-state index is 0. The average molecular weight is 692 g/mol. The molecular formula is C36H23IrN2O. The zero-order valence-electron chi connectivity index (χ0n) is 21.4. The van der Waals surface area contributed by atoms with Crippen LogP contribution in [0.4, 0.5) is 0 Å². The fourth-order valence-electron chi connectivity index (χ4n) is 5.26. The van der Waals surface area contributed by atoms with Crippen molar-refractivity contribution in [2.24, 2.45) is 0 Å². The van der Waals surface area contributed by atoms with Crippen LogP contribution < -0.4 is 0 Å². The van der Waals surface area contributed by atoms with Crippen LogP contribution in [0, 0.1) is 12.1 Å². The van der Waals surface area contributed by atoms with Gasteiger partial charge in [-0.1, -0.05) is 95.9 Å². The molecule has 1 atom stereocenters. The summed E-state index contributed by atoms with van der Waals surface area (Å²) in [4.78, 5) is 4.50. The third-order valence-corrected chi connectivity index (χ3v) is 7.02. The number of allylic oxidation sites excluding steroid dienone is 2. The van der Waals surface area contributed by atoms with Gasteiger partial charge >= 0.3 is 20.1 Å². The molecule has 1 aliphatic heterocycles. The van der Waals surface area contributed by atoms with Crippen LogP contribution in [0.15, 0.2) is 138 Å². The van der Waals surface area contributed by atoms with Gasteiger partial charge in [-0.15, -0.1) is 18.2 Å². The van der Waals surface area contributed by atoms with E-state index in [-0.39, 0.29) is 26.1 Å². The molecule has 3 heterocycles. The van der Waals surface area contributed by atoms with Crippen molar-refractivity contribution in [3.63, 3.8) is 0 Å². The quantitative estimate of drug-likeness (QED) is 0.134. The molecule has 3 nitrogen and oxygen atoms in total. The Labute approximate surface area is 246 Å². The van der Waals surface area contributed by atoms with Gasteiger partial charge in [-0.3, -0.25) is 0 Å². The van der Waals surface area contributed by atoms with Crippen LogP contribution in [0.25, 0.3) is 60.1 Å². The van der Waals surface area contributed by atoms with E-state index in [0.29, 0.717) is 0 Å². The van der Waals surface area contributed by atoms with Crippen LogP contribution in [0.5, 0.6) is 0 Å². The second-order valence-electron chi connectivity index (χ2n) is 9.35. The monoisotopic (exact) mass is 692 g/mol. The number of benzene rings is 5. The maximum atomic E-state index is 6.49. The fourth-order valence-corrected chi connectivity index (χ4v) is 5.26. The van der Waals surface area contributed by atoms with Gasteiger partial charge in [0.05, 0.1) is 5.58 Å². The molecular weight excluding hydrogens is 669 g/mol. The normalized spacial score (nSPS) is 14.1. The van der Waals surface area contributed by atoms with Gasteiger partial charge in [-0.2, -0.15) is 42.1 Å². The van der Waals surface area contributed by atoms with E-state index in [1.165, 1.54) is 16.2 Å². The van der Waals surface area contributed by atoms with Crippen molar-refractivity contribution in [3.05, 3.63) is 157 Å². The Hall–Kier alpha value is -4.50. The van der Waals surface area contributed by atoms with Crippen LogP contribution >= 0.6 is 0 Å². The first-order chi connectivity index (χ1) is 19.4. The minimum absolute atomic E-state index is 0. The summed E-state index contributed by atoms with van der Waals surface area (Å²) in [6.45, 7) is 0. The molecule has 192 valence electrons. The van der Waals surface area contributed by atoms with E-state index in [2.05, 4.69) is 83.1 Å². The number of hydrogen-bond acceptors (Lipinski definition) is 2. The second kappa shape index (κ2) is 11.3. The summed E-state index contributed by atoms with van der Waals surface area (Å²) >= 11 is 0. The molecule has 40 heavy (non-hydrogen) atoms. The molecule has 0 saturated carbocycles. The molecule has 0 bridgehead atoms. The number of aromatic nitrogens is 1. The van der Waals surface area contributed by atoms with E-state index >= 15 is 0 Å². The molecule has 4 heteroatoms. The van der Waals surface area contributed by atoms with Crippen LogP contribution in [-0.2, 0) is 20.1 Å². The molecule has 8 rings (SSSR count). The number of pyridine rings is 1. The number of rotatable bonds is 2. The van der Waals surface area contributed by atoms with Crippen LogP contribution in [0.1, 0.15) is 11.6 Å². The van der Waals surface area contributed by atoms with Crippen molar-refractivity contribution in [2.75, 3.05) is 0 Å². The van der Waals surface area contributed by atoms with Crippen molar-refractivity contribution in [1.29, 1.82) is 0 Å². The Morgan fingerprint density at radius 2 is 1.40 bits per heavy atom. The maximum absolute atomic E-state index is 6.49. The van der Waals surface area contributed by atoms with Gasteiger partial charge in [0.1, 0.15) is 5.58 Å². The molecule has 1 unspecified atom stereocenters. The zero-order valence-corrected chi connectivity index (χ0v) is 23.8. The van der Waals surface area contributed by atoms with Gasteiger partial charge < -0.3 is 14.7 Å². The minimum Gasteiger partial charge on any atom is -0.683 e. The van der Waals surface area contributed by atoms with Gasteiger partial charge in [0, 0.05) is 17.0 Å². The Kier molecular flexibility index (Phi) is 7.29. The molecule has 2 aromatic heterocycles. The Balaban J connectivity index is 0.000000188. The summed E-state index contributed by atoms with van der Waals surface area (Å²) in [7, 11) is 0. The summed E-state index contributed by atoms with van der Waals surface area (Å²) in [5.41, 5.74) is 4.66. The van der Waals surface area contributed by atoms with Gasteiger partial charge in [0.2, 0.25) is 0 Å². The first-order valence-electron chi connectivity index (χ1n) is 13.0. The first-order valence-corrected chi connectivity index (χ1v) is 13.0. The first kappa shape index (κ1) is 25.8. The van der Waals surface area contributed by atoms with Crippen LogP contribution in [-0.4, -0.2) is 4.98 Å². The maximum Gasteiger partial charge on any atom is 3.00 e. The third kappa shape index (κ3) is 4.62. The number of furan rings is 1. The topological polar surface area (TPSA) is 40.1 Å². The molecule has 0 N–H and O–H groups in total. The molecule has 5 aromatic carbocycles. The Morgan fingerprint density at radius 1 is 0.650 bits per heavy atom. The zero-order chi connectivity index (χ0) is 26.0. The Morgan fingerprint density at radius 3 is 2.12 bits per heavy atom. The van der Waals surface area contributed by atoms with E-state index in [4.69, 9.17) is 4.42 Å². The van der Waals surface area contributed by atoms with Crippen molar-refractivity contribution in [1.82, 2.24) is 4.98 Å². The summed E-state index contributed by atoms with van der Waals surface area (Å²) in [6.07, 6.45) is 9.63. The number of hydrogen-bond donors (Lipinski definition) is 0. The largest absolute Gasteiger partial charge is 3.00 e.